The summed E-state index contributed by atoms with van der Waals surface area (Å²) in [6, 6.07) is 3.81. The molecule has 16 heavy (non-hydrogen) atoms. The largest absolute Gasteiger partial charge is 0.294 e. The van der Waals surface area contributed by atoms with Gasteiger partial charge in [-0.25, -0.2) is 8.78 Å². The fraction of sp³-hybridized carbons (Fsp3) is 0.462. The summed E-state index contributed by atoms with van der Waals surface area (Å²) >= 11 is 0. The van der Waals surface area contributed by atoms with Crippen LogP contribution in [0.1, 0.15) is 29.6 Å². The van der Waals surface area contributed by atoms with Crippen LogP contribution in [0.3, 0.4) is 0 Å². The van der Waals surface area contributed by atoms with E-state index >= 15 is 0 Å². The molecule has 2 aliphatic carbocycles. The lowest BCUT2D eigenvalue weighted by Crippen LogP contribution is -2.15. The van der Waals surface area contributed by atoms with Gasteiger partial charge < -0.3 is 0 Å². The van der Waals surface area contributed by atoms with E-state index in [0.29, 0.717) is 11.8 Å². The normalized spacial score (nSPS) is 31.2. The lowest BCUT2D eigenvalue weighted by molar-refractivity contribution is 0.0909. The number of ketones is 1. The number of halogens is 2. The molecule has 3 rings (SSSR count). The van der Waals surface area contributed by atoms with Crippen molar-refractivity contribution in [2.45, 2.75) is 19.3 Å². The summed E-state index contributed by atoms with van der Waals surface area (Å²) in [6.45, 7) is 0. The van der Waals surface area contributed by atoms with Gasteiger partial charge in [0.2, 0.25) is 0 Å². The maximum atomic E-state index is 13.4. The SMILES string of the molecule is O=C(c1cccc(F)c1F)C1CC2CC2C1. The average molecular weight is 222 g/mol. The second-order valence-corrected chi connectivity index (χ2v) is 4.89. The van der Waals surface area contributed by atoms with E-state index < -0.39 is 11.6 Å². The number of benzene rings is 1. The summed E-state index contributed by atoms with van der Waals surface area (Å²) in [6.07, 6.45) is 2.94. The molecule has 0 aromatic heterocycles. The van der Waals surface area contributed by atoms with Gasteiger partial charge in [-0.3, -0.25) is 4.79 Å². The third kappa shape index (κ3) is 1.46. The molecule has 0 saturated heterocycles. The van der Waals surface area contributed by atoms with Crippen molar-refractivity contribution in [3.05, 3.63) is 35.4 Å². The van der Waals surface area contributed by atoms with E-state index in [1.165, 1.54) is 18.6 Å². The Balaban J connectivity index is 1.86. The molecule has 2 saturated carbocycles. The molecule has 1 aromatic rings. The van der Waals surface area contributed by atoms with E-state index in [9.17, 15) is 13.6 Å². The standard InChI is InChI=1S/C13H12F2O/c14-11-3-1-2-10(12(11)15)13(16)9-5-7-4-8(7)6-9/h1-3,7-9H,4-6H2. The van der Waals surface area contributed by atoms with Crippen molar-refractivity contribution in [3.63, 3.8) is 0 Å². The Labute approximate surface area is 92.5 Å². The Kier molecular flexibility index (Phi) is 2.09. The van der Waals surface area contributed by atoms with Crippen molar-refractivity contribution < 1.29 is 13.6 Å². The van der Waals surface area contributed by atoms with Gasteiger partial charge in [0.1, 0.15) is 0 Å². The van der Waals surface area contributed by atoms with Crippen LogP contribution in [0.4, 0.5) is 8.78 Å². The Hall–Kier alpha value is -1.25. The first-order valence-corrected chi connectivity index (χ1v) is 5.65. The van der Waals surface area contributed by atoms with Gasteiger partial charge in [-0.1, -0.05) is 6.07 Å². The zero-order valence-electron chi connectivity index (χ0n) is 8.75. The molecule has 3 heteroatoms. The van der Waals surface area contributed by atoms with E-state index in [4.69, 9.17) is 0 Å². The number of hydrogen-bond acceptors (Lipinski definition) is 1. The highest BCUT2D eigenvalue weighted by Crippen LogP contribution is 2.55. The fourth-order valence-electron chi connectivity index (χ4n) is 2.84. The zero-order chi connectivity index (χ0) is 11.3. The Morgan fingerprint density at radius 1 is 1.12 bits per heavy atom. The van der Waals surface area contributed by atoms with Crippen molar-refractivity contribution in [2.24, 2.45) is 17.8 Å². The molecule has 0 bridgehead atoms. The zero-order valence-corrected chi connectivity index (χ0v) is 8.75. The molecule has 0 spiro atoms. The smallest absolute Gasteiger partial charge is 0.169 e. The van der Waals surface area contributed by atoms with Gasteiger partial charge >= 0.3 is 0 Å². The first kappa shape index (κ1) is 9.94. The third-order valence-corrected chi connectivity index (χ3v) is 3.83. The summed E-state index contributed by atoms with van der Waals surface area (Å²) in [5.41, 5.74) is -0.0775. The molecule has 2 aliphatic rings. The van der Waals surface area contributed by atoms with Gasteiger partial charge in [-0.15, -0.1) is 0 Å². The summed E-state index contributed by atoms with van der Waals surface area (Å²) in [5, 5.41) is 0. The number of carbonyl (C=O) groups is 1. The Morgan fingerprint density at radius 2 is 1.81 bits per heavy atom. The van der Waals surface area contributed by atoms with Crippen molar-refractivity contribution >= 4 is 5.78 Å². The van der Waals surface area contributed by atoms with E-state index in [1.54, 1.807) is 0 Å². The van der Waals surface area contributed by atoms with Crippen molar-refractivity contribution in [2.75, 3.05) is 0 Å². The van der Waals surface area contributed by atoms with Gasteiger partial charge in [-0.05, 0) is 43.2 Å². The lowest BCUT2D eigenvalue weighted by atomic mass is 9.93. The van der Waals surface area contributed by atoms with Gasteiger partial charge in [0.05, 0.1) is 5.56 Å². The molecule has 2 fully saturated rings. The Morgan fingerprint density at radius 3 is 2.50 bits per heavy atom. The van der Waals surface area contributed by atoms with Crippen LogP contribution in [-0.4, -0.2) is 5.78 Å². The average Bonchev–Trinajstić information content (AvgIpc) is 2.89. The second-order valence-electron chi connectivity index (χ2n) is 4.89. The molecule has 1 aromatic carbocycles. The molecule has 1 nitrogen and oxygen atoms in total. The molecular formula is C13H12F2O. The van der Waals surface area contributed by atoms with Crippen molar-refractivity contribution in [1.82, 2.24) is 0 Å². The molecule has 0 aliphatic heterocycles. The van der Waals surface area contributed by atoms with Crippen LogP contribution in [0.5, 0.6) is 0 Å². The highest BCUT2D eigenvalue weighted by atomic mass is 19.2. The summed E-state index contributed by atoms with van der Waals surface area (Å²) in [5.74, 6) is -0.887. The van der Waals surface area contributed by atoms with Crippen LogP contribution < -0.4 is 0 Å². The molecule has 2 atom stereocenters. The lowest BCUT2D eigenvalue weighted by Gasteiger charge is -2.11. The quantitative estimate of drug-likeness (QED) is 0.702. The van der Waals surface area contributed by atoms with Crippen molar-refractivity contribution in [1.29, 1.82) is 0 Å². The minimum absolute atomic E-state index is 0.0775. The maximum absolute atomic E-state index is 13.4. The molecular weight excluding hydrogens is 210 g/mol. The number of carbonyl (C=O) groups excluding carboxylic acids is 1. The van der Waals surface area contributed by atoms with Gasteiger partial charge in [0.25, 0.3) is 0 Å². The topological polar surface area (TPSA) is 17.1 Å². The second kappa shape index (κ2) is 3.37. The van der Waals surface area contributed by atoms with Crippen LogP contribution in [0.15, 0.2) is 18.2 Å². The van der Waals surface area contributed by atoms with Crippen LogP contribution >= 0.6 is 0 Å². The highest BCUT2D eigenvalue weighted by molar-refractivity contribution is 5.98. The third-order valence-electron chi connectivity index (χ3n) is 3.83. The van der Waals surface area contributed by atoms with Gasteiger partial charge in [0, 0.05) is 5.92 Å². The highest BCUT2D eigenvalue weighted by Gasteiger charge is 2.48. The van der Waals surface area contributed by atoms with Gasteiger partial charge in [-0.2, -0.15) is 0 Å². The maximum Gasteiger partial charge on any atom is 0.169 e. The summed E-state index contributed by atoms with van der Waals surface area (Å²) < 4.78 is 26.4. The van der Waals surface area contributed by atoms with Crippen molar-refractivity contribution in [3.8, 4) is 0 Å². The molecule has 0 heterocycles. The van der Waals surface area contributed by atoms with Gasteiger partial charge in [0.15, 0.2) is 17.4 Å². The number of hydrogen-bond donors (Lipinski definition) is 0. The first-order chi connectivity index (χ1) is 7.66. The molecule has 0 radical (unpaired) electrons. The number of Topliss-reactive ketones (excluding diaryl/α,β-unsaturated/α-hetero) is 1. The molecule has 84 valence electrons. The Bertz CT molecular complexity index is 445. The van der Waals surface area contributed by atoms with Crippen LogP contribution in [0, 0.1) is 29.4 Å². The predicted octanol–water partition coefficient (Wildman–Crippen LogP) is 3.19. The fourth-order valence-corrected chi connectivity index (χ4v) is 2.84. The van der Waals surface area contributed by atoms with Crippen LogP contribution in [-0.2, 0) is 0 Å². The van der Waals surface area contributed by atoms with Crippen LogP contribution in [0.2, 0.25) is 0 Å². The first-order valence-electron chi connectivity index (χ1n) is 5.65. The van der Waals surface area contributed by atoms with E-state index in [-0.39, 0.29) is 17.3 Å². The monoisotopic (exact) mass is 222 g/mol. The van der Waals surface area contributed by atoms with E-state index in [2.05, 4.69) is 0 Å². The molecule has 0 N–H and O–H groups in total. The van der Waals surface area contributed by atoms with E-state index in [0.717, 1.165) is 18.9 Å². The minimum atomic E-state index is -0.993. The summed E-state index contributed by atoms with van der Waals surface area (Å²) in [7, 11) is 0. The minimum Gasteiger partial charge on any atom is -0.294 e. The summed E-state index contributed by atoms with van der Waals surface area (Å²) in [4.78, 5) is 12.0. The van der Waals surface area contributed by atoms with Crippen LogP contribution in [0.25, 0.3) is 0 Å². The molecule has 0 amide bonds. The molecule has 2 unspecified atom stereocenters. The number of fused-ring (bicyclic) bond motifs is 1. The van der Waals surface area contributed by atoms with E-state index in [1.807, 2.05) is 0 Å². The number of rotatable bonds is 2. The predicted molar refractivity (Wildman–Crippen MR) is 55.0 cm³/mol.